The van der Waals surface area contributed by atoms with Gasteiger partial charge in [-0.05, 0) is 0 Å². The van der Waals surface area contributed by atoms with E-state index in [1.54, 1.807) is 3.79 Å². The molecule has 0 aromatic rings. The van der Waals surface area contributed by atoms with E-state index < -0.39 is 0 Å². The summed E-state index contributed by atoms with van der Waals surface area (Å²) in [6.07, 6.45) is 7.71. The normalized spacial score (nSPS) is 13.6. The fourth-order valence-electron chi connectivity index (χ4n) is 0.436. The van der Waals surface area contributed by atoms with Gasteiger partial charge in [0, 0.05) is 0 Å². The monoisotopic (exact) mass is 316 g/mol. The van der Waals surface area contributed by atoms with Crippen LogP contribution in [0.2, 0.25) is 0 Å². The van der Waals surface area contributed by atoms with Gasteiger partial charge in [0.05, 0.1) is 0 Å². The van der Waals surface area contributed by atoms with Crippen molar-refractivity contribution in [2.24, 2.45) is 0 Å². The van der Waals surface area contributed by atoms with E-state index in [9.17, 15) is 0 Å². The van der Waals surface area contributed by atoms with Crippen LogP contribution in [0.1, 0.15) is 6.42 Å². The van der Waals surface area contributed by atoms with Gasteiger partial charge in [-0.2, -0.15) is 0 Å². The van der Waals surface area contributed by atoms with Crippen molar-refractivity contribution in [3.05, 3.63) is 22.0 Å². The molecule has 0 aromatic carbocycles. The SMILES string of the molecule is [Cl-].[Cl-].[Ta+2][C]1=CC=CC1. The zero-order chi connectivity index (χ0) is 4.41. The third kappa shape index (κ3) is 3.76. The Bertz CT molecular complexity index is 107. The standard InChI is InChI=1S/C5H5.2ClH.Ta/c1-2-4-5-3-1;;;/h1-3H,4H2;2*1H;/q;;;+2/p-2. The topological polar surface area (TPSA) is 0 Å². The van der Waals surface area contributed by atoms with Gasteiger partial charge in [-0.3, -0.25) is 0 Å². The second-order valence-electron chi connectivity index (χ2n) is 1.29. The van der Waals surface area contributed by atoms with Crippen LogP contribution >= 0.6 is 0 Å². The van der Waals surface area contributed by atoms with Crippen LogP contribution in [0.25, 0.3) is 0 Å². The molecule has 0 aliphatic heterocycles. The summed E-state index contributed by atoms with van der Waals surface area (Å²) in [6, 6.07) is 0. The average Bonchev–Trinajstić information content (AvgIpc) is 1.86. The molecule has 1 rings (SSSR count). The van der Waals surface area contributed by atoms with Crippen LogP contribution in [0.4, 0.5) is 0 Å². The third-order valence-corrected chi connectivity index (χ3v) is 1.94. The fraction of sp³-hybridized carbons (Fsp3) is 0.200. The van der Waals surface area contributed by atoms with E-state index in [1.165, 1.54) is 27.5 Å². The minimum absolute atomic E-state index is 0. The zero-order valence-electron chi connectivity index (χ0n) is 4.14. The molecule has 0 N–H and O–H groups in total. The van der Waals surface area contributed by atoms with E-state index in [0.717, 1.165) is 0 Å². The summed E-state index contributed by atoms with van der Waals surface area (Å²) in [6.45, 7) is 0. The van der Waals surface area contributed by atoms with E-state index in [2.05, 4.69) is 18.2 Å². The Morgan fingerprint density at radius 1 is 1.38 bits per heavy atom. The number of hydrogen-bond acceptors (Lipinski definition) is 0. The summed E-state index contributed by atoms with van der Waals surface area (Å²) in [7, 11) is 0. The Morgan fingerprint density at radius 3 is 2.12 bits per heavy atom. The van der Waals surface area contributed by atoms with Crippen molar-refractivity contribution in [1.82, 2.24) is 0 Å². The summed E-state index contributed by atoms with van der Waals surface area (Å²) < 4.78 is 1.58. The summed E-state index contributed by atoms with van der Waals surface area (Å²) in [5.74, 6) is 0. The second-order valence-corrected chi connectivity index (χ2v) is 3.35. The van der Waals surface area contributed by atoms with Crippen LogP contribution in [-0.2, 0) is 21.1 Å². The first-order valence-corrected chi connectivity index (χ1v) is 3.55. The molecule has 0 saturated heterocycles. The molecule has 0 radical (unpaired) electrons. The van der Waals surface area contributed by atoms with Crippen molar-refractivity contribution in [2.75, 3.05) is 0 Å². The molecular formula is C5H5Cl2Ta. The van der Waals surface area contributed by atoms with Crippen molar-refractivity contribution in [3.8, 4) is 0 Å². The molecule has 0 aromatic heterocycles. The first-order chi connectivity index (χ1) is 2.89. The molecule has 1 aliphatic rings. The van der Waals surface area contributed by atoms with E-state index in [1.807, 2.05) is 0 Å². The molecule has 3 heteroatoms. The summed E-state index contributed by atoms with van der Waals surface area (Å²) in [5, 5.41) is 0. The summed E-state index contributed by atoms with van der Waals surface area (Å²) in [4.78, 5) is 0. The number of allylic oxidation sites excluding steroid dienone is 4. The molecule has 0 fully saturated rings. The molecule has 0 atom stereocenters. The second kappa shape index (κ2) is 5.93. The van der Waals surface area contributed by atoms with Gasteiger partial charge in [0.2, 0.25) is 0 Å². The van der Waals surface area contributed by atoms with Gasteiger partial charge in [-0.1, -0.05) is 0 Å². The van der Waals surface area contributed by atoms with Gasteiger partial charge >= 0.3 is 49.5 Å². The Balaban J connectivity index is 0. The van der Waals surface area contributed by atoms with Gasteiger partial charge in [0.15, 0.2) is 0 Å². The molecule has 0 heterocycles. The molecule has 0 spiro atoms. The molecular weight excluding hydrogens is 312 g/mol. The molecule has 44 valence electrons. The molecule has 8 heavy (non-hydrogen) atoms. The van der Waals surface area contributed by atoms with Crippen molar-refractivity contribution in [2.45, 2.75) is 6.42 Å². The van der Waals surface area contributed by atoms with Crippen molar-refractivity contribution < 1.29 is 45.9 Å². The van der Waals surface area contributed by atoms with Gasteiger partial charge in [-0.25, -0.2) is 0 Å². The fourth-order valence-corrected chi connectivity index (χ4v) is 1.12. The van der Waals surface area contributed by atoms with Crippen LogP contribution in [0.3, 0.4) is 0 Å². The van der Waals surface area contributed by atoms with E-state index in [-0.39, 0.29) is 24.8 Å². The van der Waals surface area contributed by atoms with Crippen molar-refractivity contribution in [1.29, 1.82) is 0 Å². The predicted molar refractivity (Wildman–Crippen MR) is 21.8 cm³/mol. The van der Waals surface area contributed by atoms with E-state index >= 15 is 0 Å². The van der Waals surface area contributed by atoms with Crippen LogP contribution in [0.5, 0.6) is 0 Å². The molecule has 0 nitrogen and oxygen atoms in total. The zero-order valence-corrected chi connectivity index (χ0v) is 8.87. The average molecular weight is 317 g/mol. The van der Waals surface area contributed by atoms with Crippen LogP contribution < -0.4 is 24.8 Å². The number of halogens is 2. The van der Waals surface area contributed by atoms with Gasteiger partial charge in [-0.15, -0.1) is 0 Å². The van der Waals surface area contributed by atoms with Gasteiger partial charge in [0.25, 0.3) is 0 Å². The van der Waals surface area contributed by atoms with Gasteiger partial charge in [0.1, 0.15) is 0 Å². The Hall–Kier alpha value is 0.800. The quantitative estimate of drug-likeness (QED) is 0.422. The summed E-state index contributed by atoms with van der Waals surface area (Å²) >= 11 is 1.43. The molecule has 0 unspecified atom stereocenters. The van der Waals surface area contributed by atoms with Crippen LogP contribution in [0.15, 0.2) is 22.0 Å². The van der Waals surface area contributed by atoms with Crippen LogP contribution in [-0.4, -0.2) is 0 Å². The molecule has 1 aliphatic carbocycles. The summed E-state index contributed by atoms with van der Waals surface area (Å²) in [5.41, 5.74) is 0. The Kier molecular flexibility index (Phi) is 8.58. The molecule has 0 amide bonds. The number of rotatable bonds is 0. The Morgan fingerprint density at radius 2 is 2.00 bits per heavy atom. The third-order valence-electron chi connectivity index (χ3n) is 0.752. The molecule has 0 saturated carbocycles. The minimum atomic E-state index is 0. The maximum absolute atomic E-state index is 2.19. The maximum atomic E-state index is 2.19. The van der Waals surface area contributed by atoms with E-state index in [0.29, 0.717) is 0 Å². The first-order valence-electron chi connectivity index (χ1n) is 1.94. The van der Waals surface area contributed by atoms with E-state index in [4.69, 9.17) is 0 Å². The van der Waals surface area contributed by atoms with Crippen LogP contribution in [0, 0.1) is 0 Å². The molecule has 0 bridgehead atoms. The van der Waals surface area contributed by atoms with Crippen molar-refractivity contribution in [3.63, 3.8) is 0 Å². The van der Waals surface area contributed by atoms with Gasteiger partial charge < -0.3 is 24.8 Å². The first kappa shape index (κ1) is 11.6. The predicted octanol–water partition coefficient (Wildman–Crippen LogP) is -4.61. The Labute approximate surface area is 74.2 Å². The van der Waals surface area contributed by atoms with Crippen molar-refractivity contribution >= 4 is 0 Å². The number of hydrogen-bond donors (Lipinski definition) is 0.